The maximum absolute atomic E-state index is 13.6. The van der Waals surface area contributed by atoms with Crippen molar-refractivity contribution in [1.82, 2.24) is 28.7 Å². The first-order valence-electron chi connectivity index (χ1n) is 13.3. The Morgan fingerprint density at radius 2 is 1.90 bits per heavy atom. The van der Waals surface area contributed by atoms with Crippen molar-refractivity contribution in [3.8, 4) is 5.69 Å². The number of carbonyl (C=O) groups excluding carboxylic acids is 1. The minimum Gasteiger partial charge on any atom is -0.511 e. The summed E-state index contributed by atoms with van der Waals surface area (Å²) in [5, 5.41) is 13.2. The molecule has 1 aliphatic rings. The molecule has 2 N–H and O–H groups in total. The highest BCUT2D eigenvalue weighted by atomic mass is 32.2. The van der Waals surface area contributed by atoms with Gasteiger partial charge in [-0.3, -0.25) is 14.3 Å². The van der Waals surface area contributed by atoms with Crippen molar-refractivity contribution in [1.29, 1.82) is 0 Å². The number of aliphatic hydroxyl groups excluding tert-OH is 1. The number of thioether (sulfide) groups is 1. The third-order valence-electron chi connectivity index (χ3n) is 7.36. The van der Waals surface area contributed by atoms with Crippen molar-refractivity contribution in [2.24, 2.45) is 0 Å². The zero-order chi connectivity index (χ0) is 30.2. The Morgan fingerprint density at radius 3 is 2.55 bits per heavy atom. The number of sulfonamides is 1. The van der Waals surface area contributed by atoms with Gasteiger partial charge < -0.3 is 10.4 Å². The van der Waals surface area contributed by atoms with Crippen LogP contribution in [0.4, 0.5) is 0 Å². The standard InChI is InChI=1S/C29H32N6O5S2/c1-5-33-24-9-7-15-31-26(24)35(28(33)38)21-12-10-20(11-13-21)16-23(19(2)36)32-27(37)25-29(3,4)41-18-34(25)42(39,40)22-8-6-14-30-17-22/h6-15,17,23,25,36H,2,5,16,18H2,1,3-4H3,(H,32,37)/t23-,25+/m0/s1. The van der Waals surface area contributed by atoms with Gasteiger partial charge in [0, 0.05) is 29.9 Å². The first-order chi connectivity index (χ1) is 20.0. The summed E-state index contributed by atoms with van der Waals surface area (Å²) in [5.74, 6) is -0.708. The Labute approximate surface area is 248 Å². The molecule has 1 amide bonds. The number of fused-ring (bicyclic) bond motifs is 1. The van der Waals surface area contributed by atoms with E-state index in [4.69, 9.17) is 0 Å². The number of aliphatic hydroxyl groups is 1. The van der Waals surface area contributed by atoms with Crippen molar-refractivity contribution in [2.75, 3.05) is 5.88 Å². The van der Waals surface area contributed by atoms with Gasteiger partial charge in [0.15, 0.2) is 5.65 Å². The normalized spacial score (nSPS) is 17.7. The molecule has 3 aromatic heterocycles. The van der Waals surface area contributed by atoms with Crippen molar-refractivity contribution in [3.05, 3.63) is 95.5 Å². The quantitative estimate of drug-likeness (QED) is 0.276. The van der Waals surface area contributed by atoms with Gasteiger partial charge in [0.05, 0.1) is 23.1 Å². The monoisotopic (exact) mass is 608 g/mol. The molecule has 0 unspecified atom stereocenters. The van der Waals surface area contributed by atoms with E-state index < -0.39 is 32.8 Å². The highest BCUT2D eigenvalue weighted by Gasteiger charge is 2.51. The Balaban J connectivity index is 1.38. The molecule has 0 radical (unpaired) electrons. The van der Waals surface area contributed by atoms with Crippen LogP contribution in [-0.2, 0) is 27.8 Å². The number of amides is 1. The fraction of sp³-hybridized carbons (Fsp3) is 0.310. The fourth-order valence-electron chi connectivity index (χ4n) is 5.16. The third-order valence-corrected chi connectivity index (χ3v) is 10.7. The van der Waals surface area contributed by atoms with Crippen LogP contribution in [0.15, 0.2) is 89.1 Å². The average molecular weight is 609 g/mol. The molecule has 0 aliphatic carbocycles. The number of nitrogens with one attached hydrogen (secondary N) is 1. The number of hydrogen-bond donors (Lipinski definition) is 2. The Bertz CT molecular complexity index is 1800. The molecule has 220 valence electrons. The topological polar surface area (TPSA) is 139 Å². The second kappa shape index (κ2) is 11.4. The lowest BCUT2D eigenvalue weighted by Gasteiger charge is -2.31. The first kappa shape index (κ1) is 29.5. The van der Waals surface area contributed by atoms with E-state index in [1.807, 2.05) is 26.8 Å². The number of benzene rings is 1. The number of nitrogens with zero attached hydrogens (tertiary/aromatic N) is 5. The minimum atomic E-state index is -4.00. The molecule has 0 saturated carbocycles. The van der Waals surface area contributed by atoms with E-state index in [-0.39, 0.29) is 28.6 Å². The number of aryl methyl sites for hydroxylation is 1. The lowest BCUT2D eigenvalue weighted by molar-refractivity contribution is -0.125. The number of aromatic nitrogens is 4. The van der Waals surface area contributed by atoms with Gasteiger partial charge in [-0.1, -0.05) is 18.7 Å². The highest BCUT2D eigenvalue weighted by Crippen LogP contribution is 2.42. The second-order valence-electron chi connectivity index (χ2n) is 10.5. The van der Waals surface area contributed by atoms with E-state index in [0.29, 0.717) is 17.9 Å². The van der Waals surface area contributed by atoms with E-state index in [0.717, 1.165) is 11.1 Å². The summed E-state index contributed by atoms with van der Waals surface area (Å²) < 4.78 is 30.5. The molecule has 1 aromatic carbocycles. The number of carbonyl (C=O) groups is 1. The summed E-state index contributed by atoms with van der Waals surface area (Å²) in [6.45, 7) is 9.68. The van der Waals surface area contributed by atoms with E-state index in [9.17, 15) is 23.1 Å². The van der Waals surface area contributed by atoms with Gasteiger partial charge in [0.1, 0.15) is 16.7 Å². The zero-order valence-corrected chi connectivity index (χ0v) is 25.1. The summed E-state index contributed by atoms with van der Waals surface area (Å²) in [7, 11) is -4.00. The predicted molar refractivity (Wildman–Crippen MR) is 162 cm³/mol. The van der Waals surface area contributed by atoms with Crippen LogP contribution in [0.3, 0.4) is 0 Å². The van der Waals surface area contributed by atoms with E-state index in [1.165, 1.54) is 40.6 Å². The van der Waals surface area contributed by atoms with Gasteiger partial charge in [-0.05, 0) is 69.2 Å². The molecule has 4 aromatic rings. The third kappa shape index (κ3) is 5.35. The Kier molecular flexibility index (Phi) is 8.01. The SMILES string of the molecule is C=C(O)[C@H](Cc1ccc(-n2c(=O)n(CC)c3cccnc32)cc1)NC(=O)[C@H]1N(S(=O)(=O)c2cccnc2)CSC1(C)C. The van der Waals surface area contributed by atoms with E-state index >= 15 is 0 Å². The maximum atomic E-state index is 13.6. The predicted octanol–water partition coefficient (Wildman–Crippen LogP) is 3.24. The molecular formula is C29H32N6O5S2. The van der Waals surface area contributed by atoms with Gasteiger partial charge in [-0.2, -0.15) is 4.31 Å². The van der Waals surface area contributed by atoms with Crippen LogP contribution < -0.4 is 11.0 Å². The number of rotatable bonds is 9. The lowest BCUT2D eigenvalue weighted by Crippen LogP contribution is -2.55. The zero-order valence-electron chi connectivity index (χ0n) is 23.5. The summed E-state index contributed by atoms with van der Waals surface area (Å²) in [6, 6.07) is 11.9. The van der Waals surface area contributed by atoms with Gasteiger partial charge in [0.2, 0.25) is 15.9 Å². The van der Waals surface area contributed by atoms with Crippen molar-refractivity contribution < 1.29 is 18.3 Å². The van der Waals surface area contributed by atoms with Crippen LogP contribution in [0.5, 0.6) is 0 Å². The molecule has 4 heterocycles. The van der Waals surface area contributed by atoms with Gasteiger partial charge in [-0.25, -0.2) is 22.8 Å². The maximum Gasteiger partial charge on any atom is 0.334 e. The Morgan fingerprint density at radius 1 is 1.19 bits per heavy atom. The van der Waals surface area contributed by atoms with E-state index in [2.05, 4.69) is 21.9 Å². The first-order valence-corrected chi connectivity index (χ1v) is 15.8. The minimum absolute atomic E-state index is 0.000623. The molecule has 2 atom stereocenters. The van der Waals surface area contributed by atoms with Crippen LogP contribution in [0, 0.1) is 0 Å². The summed E-state index contributed by atoms with van der Waals surface area (Å²) in [5.41, 5.74) is 2.48. The molecule has 13 heteroatoms. The van der Waals surface area contributed by atoms with Gasteiger partial charge in [0.25, 0.3) is 0 Å². The fourth-order valence-corrected chi connectivity index (χ4v) is 8.30. The van der Waals surface area contributed by atoms with Crippen molar-refractivity contribution in [3.63, 3.8) is 0 Å². The summed E-state index contributed by atoms with van der Waals surface area (Å²) in [6.07, 6.45) is 4.57. The molecule has 0 bridgehead atoms. The largest absolute Gasteiger partial charge is 0.511 e. The molecule has 1 saturated heterocycles. The van der Waals surface area contributed by atoms with E-state index in [1.54, 1.807) is 45.7 Å². The molecule has 1 fully saturated rings. The van der Waals surface area contributed by atoms with Gasteiger partial charge >= 0.3 is 5.69 Å². The number of imidazole rings is 1. The summed E-state index contributed by atoms with van der Waals surface area (Å²) in [4.78, 5) is 35.1. The number of pyridine rings is 2. The second-order valence-corrected chi connectivity index (χ2v) is 14.0. The molecule has 11 nitrogen and oxygen atoms in total. The highest BCUT2D eigenvalue weighted by molar-refractivity contribution is 8.02. The molecule has 1 aliphatic heterocycles. The van der Waals surface area contributed by atoms with Gasteiger partial charge in [-0.15, -0.1) is 11.8 Å². The van der Waals surface area contributed by atoms with Crippen LogP contribution in [0.1, 0.15) is 26.3 Å². The van der Waals surface area contributed by atoms with Crippen molar-refractivity contribution in [2.45, 2.75) is 55.5 Å². The number of hydrogen-bond acceptors (Lipinski definition) is 8. The molecule has 5 rings (SSSR count). The van der Waals surface area contributed by atoms with Crippen LogP contribution in [-0.4, -0.2) is 65.5 Å². The lowest BCUT2D eigenvalue weighted by atomic mass is 10.00. The molecule has 0 spiro atoms. The van der Waals surface area contributed by atoms with Crippen LogP contribution >= 0.6 is 11.8 Å². The smallest absolute Gasteiger partial charge is 0.334 e. The average Bonchev–Trinajstić information content (AvgIpc) is 3.45. The summed E-state index contributed by atoms with van der Waals surface area (Å²) >= 11 is 1.36. The Hall–Kier alpha value is -3.94. The molecular weight excluding hydrogens is 576 g/mol. The van der Waals surface area contributed by atoms with Crippen LogP contribution in [0.2, 0.25) is 0 Å². The van der Waals surface area contributed by atoms with Crippen molar-refractivity contribution >= 4 is 38.9 Å². The molecule has 42 heavy (non-hydrogen) atoms. The van der Waals surface area contributed by atoms with Crippen LogP contribution in [0.25, 0.3) is 16.9 Å².